The van der Waals surface area contributed by atoms with Crippen molar-refractivity contribution in [2.45, 2.75) is 0 Å². The van der Waals surface area contributed by atoms with Crippen molar-refractivity contribution in [1.29, 1.82) is 0 Å². The Labute approximate surface area is 47.0 Å². The van der Waals surface area contributed by atoms with E-state index in [4.69, 9.17) is 11.6 Å². The van der Waals surface area contributed by atoms with Gasteiger partial charge in [-0.1, -0.05) is 11.6 Å². The number of halogens is 1. The Hall–Kier alpha value is -0.560. The smallest absolute Gasteiger partial charge is 0.168 e. The summed E-state index contributed by atoms with van der Waals surface area (Å²) in [7, 11) is 0. The van der Waals surface area contributed by atoms with Crippen LogP contribution in [0.1, 0.15) is 0 Å². The van der Waals surface area contributed by atoms with Gasteiger partial charge < -0.3 is 0 Å². The second kappa shape index (κ2) is 1.94. The van der Waals surface area contributed by atoms with Crippen LogP contribution < -0.4 is 4.98 Å². The first kappa shape index (κ1) is 4.60. The molecule has 1 nitrogen and oxygen atoms in total. The van der Waals surface area contributed by atoms with Crippen molar-refractivity contribution in [2.75, 3.05) is 0 Å². The second-order valence-corrected chi connectivity index (χ2v) is 1.65. The van der Waals surface area contributed by atoms with Gasteiger partial charge in [0.25, 0.3) is 0 Å². The highest BCUT2D eigenvalue weighted by Crippen LogP contribution is 2.00. The van der Waals surface area contributed by atoms with E-state index in [1.165, 1.54) is 0 Å². The normalized spacial score (nSPS) is 8.71. The van der Waals surface area contributed by atoms with Gasteiger partial charge in [-0.15, -0.1) is 0 Å². The van der Waals surface area contributed by atoms with E-state index in [2.05, 4.69) is 4.98 Å². The fourth-order valence-electron chi connectivity index (χ4n) is 0.367. The van der Waals surface area contributed by atoms with Crippen molar-refractivity contribution >= 4 is 11.6 Å². The second-order valence-electron chi connectivity index (χ2n) is 1.22. The van der Waals surface area contributed by atoms with Crippen LogP contribution in [-0.2, 0) is 0 Å². The minimum Gasteiger partial charge on any atom is -0.218 e. The summed E-state index contributed by atoms with van der Waals surface area (Å²) in [6.45, 7) is 0. The molecule has 0 radical (unpaired) electrons. The Morgan fingerprint density at radius 2 is 1.86 bits per heavy atom. The number of hydrogen-bond acceptors (Lipinski definition) is 0. The summed E-state index contributed by atoms with van der Waals surface area (Å²) in [6.07, 6.45) is 3.56. The first-order valence-electron chi connectivity index (χ1n) is 2.01. The lowest BCUT2D eigenvalue weighted by Crippen LogP contribution is -1.94. The molecule has 2 heteroatoms. The molecule has 0 spiro atoms. The average Bonchev–Trinajstić information content (AvgIpc) is 1.69. The number of aromatic amines is 1. The average molecular weight is 115 g/mol. The van der Waals surface area contributed by atoms with Crippen molar-refractivity contribution in [3.63, 3.8) is 0 Å². The van der Waals surface area contributed by atoms with Gasteiger partial charge in [0.2, 0.25) is 0 Å². The zero-order chi connectivity index (χ0) is 5.11. The summed E-state index contributed by atoms with van der Waals surface area (Å²) < 4.78 is 0. The molecule has 1 rings (SSSR count). The third-order valence-corrected chi connectivity index (χ3v) is 0.930. The maximum absolute atomic E-state index is 5.52. The van der Waals surface area contributed by atoms with Crippen LogP contribution in [0.2, 0.25) is 5.02 Å². The number of rotatable bonds is 0. The summed E-state index contributed by atoms with van der Waals surface area (Å²) >= 11 is 5.52. The highest BCUT2D eigenvalue weighted by molar-refractivity contribution is 6.30. The molecule has 0 aliphatic carbocycles. The summed E-state index contributed by atoms with van der Waals surface area (Å²) in [5, 5.41) is 0.763. The molecule has 0 amide bonds. The molecule has 1 N–H and O–H groups in total. The SMILES string of the molecule is Clc1cc[nH+]cc1. The third-order valence-electron chi connectivity index (χ3n) is 0.678. The van der Waals surface area contributed by atoms with E-state index in [1.807, 2.05) is 0 Å². The Balaban J connectivity index is 3.02. The minimum atomic E-state index is 0.763. The number of pyridine rings is 1. The first-order valence-corrected chi connectivity index (χ1v) is 2.39. The third kappa shape index (κ3) is 1.16. The standard InChI is InChI=1S/C5H4ClN/c6-5-1-3-7-4-2-5/h1-4H/p+1. The molecule has 0 fully saturated rings. The predicted octanol–water partition coefficient (Wildman–Crippen LogP) is 1.15. The van der Waals surface area contributed by atoms with Crippen LogP contribution in [-0.4, -0.2) is 0 Å². The van der Waals surface area contributed by atoms with Crippen molar-refractivity contribution in [3.05, 3.63) is 29.5 Å². The molecule has 1 aromatic rings. The van der Waals surface area contributed by atoms with Crippen molar-refractivity contribution < 1.29 is 4.98 Å². The van der Waals surface area contributed by atoms with Crippen molar-refractivity contribution in [3.8, 4) is 0 Å². The first-order chi connectivity index (χ1) is 3.39. The van der Waals surface area contributed by atoms with Gasteiger partial charge in [0.15, 0.2) is 12.4 Å². The molecule has 0 bridgehead atoms. The van der Waals surface area contributed by atoms with Crippen LogP contribution in [0.4, 0.5) is 0 Å². The molecular formula is C5H5ClN+. The lowest BCUT2D eigenvalue weighted by molar-refractivity contribution is -0.377. The van der Waals surface area contributed by atoms with Gasteiger partial charge in [-0.2, -0.15) is 0 Å². The van der Waals surface area contributed by atoms with Gasteiger partial charge in [-0.3, -0.25) is 0 Å². The maximum atomic E-state index is 5.52. The van der Waals surface area contributed by atoms with Gasteiger partial charge in [-0.25, -0.2) is 4.98 Å². The highest BCUT2D eigenvalue weighted by Gasteiger charge is 1.80. The lowest BCUT2D eigenvalue weighted by atomic mass is 10.5. The molecule has 36 valence electrons. The number of H-pyrrole nitrogens is 1. The summed E-state index contributed by atoms with van der Waals surface area (Å²) in [5.41, 5.74) is 0. The number of aromatic nitrogens is 1. The van der Waals surface area contributed by atoms with Crippen LogP contribution in [0.15, 0.2) is 24.5 Å². The quantitative estimate of drug-likeness (QED) is 0.481. The predicted molar refractivity (Wildman–Crippen MR) is 28.0 cm³/mol. The number of nitrogens with one attached hydrogen (secondary N) is 1. The summed E-state index contributed by atoms with van der Waals surface area (Å²) in [6, 6.07) is 3.59. The molecule has 7 heavy (non-hydrogen) atoms. The van der Waals surface area contributed by atoms with Crippen LogP contribution in [0.25, 0.3) is 0 Å². The fourth-order valence-corrected chi connectivity index (χ4v) is 0.493. The largest absolute Gasteiger partial charge is 0.218 e. The molecule has 0 aliphatic rings. The Morgan fingerprint density at radius 1 is 1.29 bits per heavy atom. The van der Waals surface area contributed by atoms with Gasteiger partial charge >= 0.3 is 0 Å². The number of hydrogen-bond donors (Lipinski definition) is 0. The van der Waals surface area contributed by atoms with E-state index in [0.29, 0.717) is 0 Å². The lowest BCUT2D eigenvalue weighted by Gasteiger charge is -1.74. The van der Waals surface area contributed by atoms with Gasteiger partial charge in [0.1, 0.15) is 0 Å². The molecule has 1 heterocycles. The van der Waals surface area contributed by atoms with E-state index >= 15 is 0 Å². The van der Waals surface area contributed by atoms with Gasteiger partial charge in [0.05, 0.1) is 5.02 Å². The zero-order valence-electron chi connectivity index (χ0n) is 3.69. The molecule has 0 saturated heterocycles. The van der Waals surface area contributed by atoms with Gasteiger partial charge in [-0.05, 0) is 0 Å². The molecule has 0 aliphatic heterocycles. The van der Waals surface area contributed by atoms with E-state index in [-0.39, 0.29) is 0 Å². The van der Waals surface area contributed by atoms with Crippen LogP contribution in [0.3, 0.4) is 0 Å². The monoisotopic (exact) mass is 114 g/mol. The van der Waals surface area contributed by atoms with Gasteiger partial charge in [0, 0.05) is 12.1 Å². The highest BCUT2D eigenvalue weighted by atomic mass is 35.5. The van der Waals surface area contributed by atoms with Crippen molar-refractivity contribution in [1.82, 2.24) is 0 Å². The van der Waals surface area contributed by atoms with E-state index in [9.17, 15) is 0 Å². The van der Waals surface area contributed by atoms with Crippen molar-refractivity contribution in [2.24, 2.45) is 0 Å². The maximum Gasteiger partial charge on any atom is 0.168 e. The topological polar surface area (TPSA) is 14.1 Å². The molecule has 0 aromatic carbocycles. The fraction of sp³-hybridized carbons (Fsp3) is 0. The Kier molecular flexibility index (Phi) is 1.27. The molecule has 0 unspecified atom stereocenters. The molecule has 1 aromatic heterocycles. The van der Waals surface area contributed by atoms with E-state index in [0.717, 1.165) is 5.02 Å². The Morgan fingerprint density at radius 3 is 2.14 bits per heavy atom. The molecule has 0 atom stereocenters. The minimum absolute atomic E-state index is 0.763. The van der Waals surface area contributed by atoms with E-state index < -0.39 is 0 Å². The zero-order valence-corrected chi connectivity index (χ0v) is 4.44. The molecule has 0 saturated carbocycles. The summed E-state index contributed by atoms with van der Waals surface area (Å²) in [4.78, 5) is 2.85. The van der Waals surface area contributed by atoms with Crippen LogP contribution in [0, 0.1) is 0 Å². The van der Waals surface area contributed by atoms with Crippen LogP contribution in [0.5, 0.6) is 0 Å². The summed E-state index contributed by atoms with van der Waals surface area (Å²) in [5.74, 6) is 0. The molecular weight excluding hydrogens is 110 g/mol. The van der Waals surface area contributed by atoms with Crippen LogP contribution >= 0.6 is 11.6 Å². The van der Waals surface area contributed by atoms with E-state index in [1.54, 1.807) is 24.5 Å². The Bertz CT molecular complexity index is 138.